The third-order valence-corrected chi connectivity index (χ3v) is 2.72. The van der Waals surface area contributed by atoms with Gasteiger partial charge in [0.25, 0.3) is 5.91 Å². The second-order valence-electron chi connectivity index (χ2n) is 3.82. The summed E-state index contributed by atoms with van der Waals surface area (Å²) in [5, 5.41) is 4.40. The number of hydrogen-bond donors (Lipinski definition) is 3. The quantitative estimate of drug-likeness (QED) is 0.568. The van der Waals surface area contributed by atoms with Crippen LogP contribution in [0.3, 0.4) is 0 Å². The molecule has 7 nitrogen and oxygen atoms in total. The Kier molecular flexibility index (Phi) is 5.33. The minimum absolute atomic E-state index is 0.0529. The molecule has 3 amide bonds. The number of halogens is 1. The molecule has 0 aromatic heterocycles. The van der Waals surface area contributed by atoms with Gasteiger partial charge in [-0.05, 0) is 19.1 Å². The number of nitrogens with two attached hydrogens (primary N) is 1. The molecule has 1 unspecified atom stereocenters. The Bertz CT molecular complexity index is 548. The third-order valence-electron chi connectivity index (χ3n) is 2.39. The molecule has 0 radical (unpaired) electrons. The summed E-state index contributed by atoms with van der Waals surface area (Å²) in [5.41, 5.74) is 5.76. The summed E-state index contributed by atoms with van der Waals surface area (Å²) in [5.74, 6) is -1.55. The van der Waals surface area contributed by atoms with Crippen LogP contribution in [0.4, 0.5) is 10.5 Å². The average Bonchev–Trinajstić information content (AvgIpc) is 2.41. The first-order chi connectivity index (χ1) is 9.36. The molecule has 20 heavy (non-hydrogen) atoms. The second kappa shape index (κ2) is 6.76. The molecule has 108 valence electrons. The minimum Gasteiger partial charge on any atom is -0.449 e. The Morgan fingerprint density at radius 2 is 2.00 bits per heavy atom. The molecule has 1 aromatic carbocycles. The van der Waals surface area contributed by atoms with Gasteiger partial charge in [0.1, 0.15) is 0 Å². The fraction of sp³-hybridized carbons (Fsp3) is 0.250. The van der Waals surface area contributed by atoms with Crippen molar-refractivity contribution in [3.05, 3.63) is 28.8 Å². The number of rotatable bonds is 3. The Balaban J connectivity index is 2.73. The Morgan fingerprint density at radius 3 is 2.60 bits per heavy atom. The van der Waals surface area contributed by atoms with E-state index in [4.69, 9.17) is 22.1 Å². The Morgan fingerprint density at radius 1 is 1.35 bits per heavy atom. The van der Waals surface area contributed by atoms with Crippen LogP contribution in [0.25, 0.3) is 0 Å². The fourth-order valence-corrected chi connectivity index (χ4v) is 1.44. The van der Waals surface area contributed by atoms with Crippen molar-refractivity contribution < 1.29 is 19.1 Å². The number of imide groups is 1. The maximum Gasteiger partial charge on any atom is 0.341 e. The standard InChI is InChI=1S/C12H14ClN3O4/c1-6(10(17)16-12(19)15-2)20-11(18)7-4-3-5-8(13)9(7)14/h3-6H,14H2,1-2H3,(H2,15,16,17,19). The molecule has 1 rings (SSSR count). The highest BCUT2D eigenvalue weighted by Crippen LogP contribution is 2.23. The van der Waals surface area contributed by atoms with E-state index in [9.17, 15) is 14.4 Å². The number of amides is 3. The number of carbonyl (C=O) groups excluding carboxylic acids is 3. The molecule has 0 spiro atoms. The first-order valence-corrected chi connectivity index (χ1v) is 6.02. The highest BCUT2D eigenvalue weighted by Gasteiger charge is 2.22. The first kappa shape index (κ1) is 15.8. The molecule has 0 saturated heterocycles. The van der Waals surface area contributed by atoms with Crippen molar-refractivity contribution in [1.29, 1.82) is 0 Å². The predicted octanol–water partition coefficient (Wildman–Crippen LogP) is 0.923. The minimum atomic E-state index is -1.15. The first-order valence-electron chi connectivity index (χ1n) is 5.64. The summed E-state index contributed by atoms with van der Waals surface area (Å²) in [4.78, 5) is 34.3. The van der Waals surface area contributed by atoms with Crippen LogP contribution >= 0.6 is 11.6 Å². The van der Waals surface area contributed by atoms with Crippen LogP contribution in [-0.2, 0) is 9.53 Å². The van der Waals surface area contributed by atoms with Gasteiger partial charge in [-0.3, -0.25) is 10.1 Å². The number of esters is 1. The number of benzene rings is 1. The lowest BCUT2D eigenvalue weighted by Gasteiger charge is -2.13. The molecule has 1 atom stereocenters. The van der Waals surface area contributed by atoms with Gasteiger partial charge in [0.05, 0.1) is 16.3 Å². The van der Waals surface area contributed by atoms with Crippen LogP contribution in [0.15, 0.2) is 18.2 Å². The summed E-state index contributed by atoms with van der Waals surface area (Å²) in [7, 11) is 1.35. The van der Waals surface area contributed by atoms with Crippen molar-refractivity contribution >= 4 is 35.2 Å². The highest BCUT2D eigenvalue weighted by molar-refractivity contribution is 6.33. The van der Waals surface area contributed by atoms with Gasteiger partial charge in [0, 0.05) is 7.05 Å². The smallest absolute Gasteiger partial charge is 0.341 e. The molecule has 0 aliphatic carbocycles. The molecule has 0 heterocycles. The van der Waals surface area contributed by atoms with Gasteiger partial charge in [0.15, 0.2) is 6.10 Å². The van der Waals surface area contributed by atoms with E-state index in [0.717, 1.165) is 0 Å². The molecule has 0 saturated carbocycles. The van der Waals surface area contributed by atoms with Crippen LogP contribution in [0.5, 0.6) is 0 Å². The SMILES string of the molecule is CNC(=O)NC(=O)C(C)OC(=O)c1cccc(Cl)c1N. The number of para-hydroxylation sites is 1. The molecular formula is C12H14ClN3O4. The fourth-order valence-electron chi connectivity index (χ4n) is 1.27. The van der Waals surface area contributed by atoms with E-state index in [0.29, 0.717) is 0 Å². The number of nitrogens with one attached hydrogen (secondary N) is 2. The summed E-state index contributed by atoms with van der Waals surface area (Å²) in [6.07, 6.45) is -1.15. The lowest BCUT2D eigenvalue weighted by molar-refractivity contribution is -0.127. The Labute approximate surface area is 120 Å². The van der Waals surface area contributed by atoms with E-state index in [1.165, 1.54) is 32.2 Å². The van der Waals surface area contributed by atoms with E-state index >= 15 is 0 Å². The summed E-state index contributed by atoms with van der Waals surface area (Å²) in [6.45, 7) is 1.33. The van der Waals surface area contributed by atoms with Crippen molar-refractivity contribution in [3.8, 4) is 0 Å². The van der Waals surface area contributed by atoms with Gasteiger partial charge in [-0.1, -0.05) is 17.7 Å². The maximum absolute atomic E-state index is 11.8. The van der Waals surface area contributed by atoms with Crippen molar-refractivity contribution in [2.75, 3.05) is 12.8 Å². The number of hydrogen-bond acceptors (Lipinski definition) is 5. The highest BCUT2D eigenvalue weighted by atomic mass is 35.5. The lowest BCUT2D eigenvalue weighted by Crippen LogP contribution is -2.43. The van der Waals surface area contributed by atoms with E-state index in [2.05, 4.69) is 5.32 Å². The zero-order valence-electron chi connectivity index (χ0n) is 10.9. The van der Waals surface area contributed by atoms with E-state index in [1.807, 2.05) is 5.32 Å². The largest absolute Gasteiger partial charge is 0.449 e. The molecule has 0 bridgehead atoms. The number of ether oxygens (including phenoxy) is 1. The molecule has 0 fully saturated rings. The van der Waals surface area contributed by atoms with Gasteiger partial charge in [-0.25, -0.2) is 9.59 Å². The zero-order chi connectivity index (χ0) is 15.3. The molecule has 0 aliphatic rings. The molecule has 0 aliphatic heterocycles. The van der Waals surface area contributed by atoms with Crippen molar-refractivity contribution in [2.24, 2.45) is 0 Å². The van der Waals surface area contributed by atoms with Crippen molar-refractivity contribution in [2.45, 2.75) is 13.0 Å². The van der Waals surface area contributed by atoms with Gasteiger partial charge >= 0.3 is 12.0 Å². The monoisotopic (exact) mass is 299 g/mol. The predicted molar refractivity (Wildman–Crippen MR) is 73.3 cm³/mol. The second-order valence-corrected chi connectivity index (χ2v) is 4.22. The van der Waals surface area contributed by atoms with E-state index < -0.39 is 24.0 Å². The molecule has 8 heteroatoms. The third kappa shape index (κ3) is 3.86. The number of carbonyl (C=O) groups is 3. The van der Waals surface area contributed by atoms with Gasteiger partial charge in [0.2, 0.25) is 0 Å². The van der Waals surface area contributed by atoms with Gasteiger partial charge in [-0.2, -0.15) is 0 Å². The summed E-state index contributed by atoms with van der Waals surface area (Å²) < 4.78 is 4.91. The zero-order valence-corrected chi connectivity index (χ0v) is 11.7. The van der Waals surface area contributed by atoms with Crippen LogP contribution in [-0.4, -0.2) is 31.1 Å². The van der Waals surface area contributed by atoms with Crippen LogP contribution < -0.4 is 16.4 Å². The number of nitrogen functional groups attached to an aromatic ring is 1. The van der Waals surface area contributed by atoms with E-state index in [1.54, 1.807) is 0 Å². The average molecular weight is 300 g/mol. The van der Waals surface area contributed by atoms with Gasteiger partial charge in [-0.15, -0.1) is 0 Å². The van der Waals surface area contributed by atoms with Crippen LogP contribution in [0.2, 0.25) is 5.02 Å². The van der Waals surface area contributed by atoms with Gasteiger partial charge < -0.3 is 15.8 Å². The maximum atomic E-state index is 11.8. The summed E-state index contributed by atoms with van der Waals surface area (Å²) >= 11 is 5.78. The topological polar surface area (TPSA) is 111 Å². The van der Waals surface area contributed by atoms with Crippen molar-refractivity contribution in [1.82, 2.24) is 10.6 Å². The Hall–Kier alpha value is -2.28. The molecule has 1 aromatic rings. The number of urea groups is 1. The lowest BCUT2D eigenvalue weighted by atomic mass is 10.2. The molecule has 4 N–H and O–H groups in total. The van der Waals surface area contributed by atoms with E-state index in [-0.39, 0.29) is 16.3 Å². The molecular weight excluding hydrogens is 286 g/mol. The number of anilines is 1. The van der Waals surface area contributed by atoms with Crippen molar-refractivity contribution in [3.63, 3.8) is 0 Å². The van der Waals surface area contributed by atoms with Crippen LogP contribution in [0.1, 0.15) is 17.3 Å². The van der Waals surface area contributed by atoms with Crippen LogP contribution in [0, 0.1) is 0 Å². The normalized spacial score (nSPS) is 11.3. The summed E-state index contributed by atoms with van der Waals surface area (Å²) in [6, 6.07) is 3.78.